The van der Waals surface area contributed by atoms with Crippen molar-refractivity contribution in [1.82, 2.24) is 19.6 Å². The molecular formula is C27H40N4O3. The van der Waals surface area contributed by atoms with Crippen LogP contribution in [0.2, 0.25) is 0 Å². The molecule has 0 saturated carbocycles. The van der Waals surface area contributed by atoms with Gasteiger partial charge in [0.05, 0.1) is 6.54 Å². The first kappa shape index (κ1) is 24.7. The Kier molecular flexibility index (Phi) is 8.97. The van der Waals surface area contributed by atoms with Crippen LogP contribution in [-0.4, -0.2) is 96.2 Å². The quantitative estimate of drug-likeness (QED) is 0.643. The smallest absolute Gasteiger partial charge is 0.236 e. The SMILES string of the molecule is O=C(CCc1ccccc1)N1CCC(C(=O)N2CCN(CC(=O)N3CCCCCC3)CC2)CC1. The van der Waals surface area contributed by atoms with Crippen molar-refractivity contribution < 1.29 is 14.4 Å². The third-order valence-electron chi connectivity index (χ3n) is 7.67. The van der Waals surface area contributed by atoms with Gasteiger partial charge < -0.3 is 14.7 Å². The highest BCUT2D eigenvalue weighted by atomic mass is 16.2. The van der Waals surface area contributed by atoms with Gasteiger partial charge in [-0.1, -0.05) is 43.2 Å². The number of likely N-dealkylation sites (tertiary alicyclic amines) is 2. The standard InChI is InChI=1S/C27H40N4O3/c32-25(11-10-23-8-4-3-5-9-23)30-16-12-24(13-17-30)27(34)31-20-18-28(19-21-31)22-26(33)29-14-6-1-2-7-15-29/h3-5,8-9,24H,1-2,6-7,10-22H2. The highest BCUT2D eigenvalue weighted by molar-refractivity contribution is 5.81. The molecule has 0 bridgehead atoms. The van der Waals surface area contributed by atoms with Crippen LogP contribution in [0, 0.1) is 5.92 Å². The van der Waals surface area contributed by atoms with Gasteiger partial charge in [0.25, 0.3) is 0 Å². The lowest BCUT2D eigenvalue weighted by molar-refractivity contribution is -0.142. The summed E-state index contributed by atoms with van der Waals surface area (Å²) >= 11 is 0. The number of benzene rings is 1. The predicted molar refractivity (Wildman–Crippen MR) is 132 cm³/mol. The number of piperazine rings is 1. The van der Waals surface area contributed by atoms with Crippen LogP contribution in [0.3, 0.4) is 0 Å². The molecule has 7 nitrogen and oxygen atoms in total. The summed E-state index contributed by atoms with van der Waals surface area (Å²) in [5.74, 6) is 0.682. The molecule has 3 saturated heterocycles. The number of hydrogen-bond donors (Lipinski definition) is 0. The first-order valence-corrected chi connectivity index (χ1v) is 13.2. The number of carbonyl (C=O) groups excluding carboxylic acids is 3. The third kappa shape index (κ3) is 6.81. The maximum atomic E-state index is 13.1. The van der Waals surface area contributed by atoms with Gasteiger partial charge in [0.15, 0.2) is 0 Å². The van der Waals surface area contributed by atoms with E-state index in [4.69, 9.17) is 0 Å². The fourth-order valence-corrected chi connectivity index (χ4v) is 5.43. The molecule has 7 heteroatoms. The van der Waals surface area contributed by atoms with Gasteiger partial charge >= 0.3 is 0 Å². The zero-order valence-electron chi connectivity index (χ0n) is 20.5. The van der Waals surface area contributed by atoms with Gasteiger partial charge in [-0.05, 0) is 37.7 Å². The highest BCUT2D eigenvalue weighted by Crippen LogP contribution is 2.22. The molecule has 0 radical (unpaired) electrons. The summed E-state index contributed by atoms with van der Waals surface area (Å²) in [5, 5.41) is 0. The van der Waals surface area contributed by atoms with Crippen LogP contribution in [0.25, 0.3) is 0 Å². The minimum Gasteiger partial charge on any atom is -0.343 e. The lowest BCUT2D eigenvalue weighted by Crippen LogP contribution is -2.53. The van der Waals surface area contributed by atoms with Gasteiger partial charge in [-0.25, -0.2) is 0 Å². The summed E-state index contributed by atoms with van der Waals surface area (Å²) in [5.41, 5.74) is 1.19. The fourth-order valence-electron chi connectivity index (χ4n) is 5.43. The van der Waals surface area contributed by atoms with E-state index in [0.29, 0.717) is 39.1 Å². The Hall–Kier alpha value is -2.41. The van der Waals surface area contributed by atoms with Gasteiger partial charge in [-0.3, -0.25) is 19.3 Å². The Bertz CT molecular complexity index is 806. The van der Waals surface area contributed by atoms with Crippen LogP contribution in [0.15, 0.2) is 30.3 Å². The van der Waals surface area contributed by atoms with Gasteiger partial charge in [-0.2, -0.15) is 0 Å². The molecule has 0 spiro atoms. The predicted octanol–water partition coefficient (Wildman–Crippen LogP) is 2.40. The second-order valence-corrected chi connectivity index (χ2v) is 10.0. The zero-order chi connectivity index (χ0) is 23.8. The van der Waals surface area contributed by atoms with Gasteiger partial charge in [0, 0.05) is 64.7 Å². The van der Waals surface area contributed by atoms with Crippen molar-refractivity contribution in [3.05, 3.63) is 35.9 Å². The molecule has 0 atom stereocenters. The molecule has 3 aliphatic rings. The van der Waals surface area contributed by atoms with Crippen LogP contribution in [0.1, 0.15) is 50.5 Å². The van der Waals surface area contributed by atoms with E-state index in [1.165, 1.54) is 18.4 Å². The normalized spacial score (nSPS) is 20.8. The molecule has 3 fully saturated rings. The Balaban J connectivity index is 1.15. The largest absolute Gasteiger partial charge is 0.343 e. The van der Waals surface area contributed by atoms with Crippen molar-refractivity contribution in [3.63, 3.8) is 0 Å². The summed E-state index contributed by atoms with van der Waals surface area (Å²) in [6.45, 7) is 6.54. The molecule has 4 rings (SSSR count). The van der Waals surface area contributed by atoms with Crippen LogP contribution >= 0.6 is 0 Å². The fraction of sp³-hybridized carbons (Fsp3) is 0.667. The zero-order valence-corrected chi connectivity index (χ0v) is 20.5. The Morgan fingerprint density at radius 1 is 0.676 bits per heavy atom. The van der Waals surface area contributed by atoms with E-state index in [-0.39, 0.29) is 23.6 Å². The summed E-state index contributed by atoms with van der Waals surface area (Å²) in [6.07, 6.45) is 7.49. The van der Waals surface area contributed by atoms with Crippen LogP contribution in [0.4, 0.5) is 0 Å². The number of carbonyl (C=O) groups is 3. The Labute approximate surface area is 204 Å². The molecule has 1 aromatic rings. The molecule has 0 aromatic heterocycles. The van der Waals surface area contributed by atoms with Gasteiger partial charge in [0.1, 0.15) is 0 Å². The summed E-state index contributed by atoms with van der Waals surface area (Å²) in [7, 11) is 0. The first-order chi connectivity index (χ1) is 16.6. The maximum Gasteiger partial charge on any atom is 0.236 e. The van der Waals surface area contributed by atoms with E-state index >= 15 is 0 Å². The molecule has 186 valence electrons. The molecule has 3 heterocycles. The van der Waals surface area contributed by atoms with Crippen molar-refractivity contribution in [2.45, 2.75) is 51.4 Å². The molecule has 0 unspecified atom stereocenters. The van der Waals surface area contributed by atoms with E-state index < -0.39 is 0 Å². The summed E-state index contributed by atoms with van der Waals surface area (Å²) in [4.78, 5) is 46.5. The van der Waals surface area contributed by atoms with Crippen molar-refractivity contribution in [2.75, 3.05) is 58.9 Å². The molecular weight excluding hydrogens is 428 g/mol. The van der Waals surface area contributed by atoms with Crippen molar-refractivity contribution in [2.24, 2.45) is 5.92 Å². The van der Waals surface area contributed by atoms with Crippen LogP contribution in [-0.2, 0) is 20.8 Å². The third-order valence-corrected chi connectivity index (χ3v) is 7.67. The van der Waals surface area contributed by atoms with E-state index in [2.05, 4.69) is 17.0 Å². The lowest BCUT2D eigenvalue weighted by Gasteiger charge is -2.38. The van der Waals surface area contributed by atoms with Crippen molar-refractivity contribution in [3.8, 4) is 0 Å². The second kappa shape index (κ2) is 12.3. The van der Waals surface area contributed by atoms with Gasteiger partial charge in [-0.15, -0.1) is 0 Å². The van der Waals surface area contributed by atoms with Crippen LogP contribution < -0.4 is 0 Å². The first-order valence-electron chi connectivity index (χ1n) is 13.2. The number of nitrogens with zero attached hydrogens (tertiary/aromatic N) is 4. The molecule has 1 aromatic carbocycles. The maximum absolute atomic E-state index is 13.1. The molecule has 34 heavy (non-hydrogen) atoms. The topological polar surface area (TPSA) is 64.2 Å². The van der Waals surface area contributed by atoms with Gasteiger partial charge in [0.2, 0.25) is 17.7 Å². The number of amides is 3. The van der Waals surface area contributed by atoms with Crippen LogP contribution in [0.5, 0.6) is 0 Å². The lowest BCUT2D eigenvalue weighted by atomic mass is 9.94. The number of aryl methyl sites for hydroxylation is 1. The van der Waals surface area contributed by atoms with E-state index in [9.17, 15) is 14.4 Å². The summed E-state index contributed by atoms with van der Waals surface area (Å²) < 4.78 is 0. The average Bonchev–Trinajstić information content (AvgIpc) is 3.18. The molecule has 0 N–H and O–H groups in total. The second-order valence-electron chi connectivity index (χ2n) is 10.0. The Morgan fingerprint density at radius 2 is 1.29 bits per heavy atom. The molecule has 3 amide bonds. The van der Waals surface area contributed by atoms with E-state index in [0.717, 1.165) is 58.3 Å². The summed E-state index contributed by atoms with van der Waals surface area (Å²) in [6, 6.07) is 10.1. The minimum absolute atomic E-state index is 0.0171. The number of piperidine rings is 1. The van der Waals surface area contributed by atoms with E-state index in [1.54, 1.807) is 0 Å². The average molecular weight is 469 g/mol. The van der Waals surface area contributed by atoms with E-state index in [1.807, 2.05) is 32.9 Å². The highest BCUT2D eigenvalue weighted by Gasteiger charge is 2.32. The van der Waals surface area contributed by atoms with Crippen molar-refractivity contribution >= 4 is 17.7 Å². The monoisotopic (exact) mass is 468 g/mol. The van der Waals surface area contributed by atoms with Crippen molar-refractivity contribution in [1.29, 1.82) is 0 Å². The Morgan fingerprint density at radius 3 is 1.94 bits per heavy atom. The number of hydrogen-bond acceptors (Lipinski definition) is 4. The number of rotatable bonds is 6. The molecule has 0 aliphatic carbocycles. The minimum atomic E-state index is 0.0171. The molecule has 3 aliphatic heterocycles.